The van der Waals surface area contributed by atoms with Crippen LogP contribution in [0.25, 0.3) is 80.7 Å². The highest BCUT2D eigenvalue weighted by atomic mass is 32.1. The monoisotopic (exact) mass is 540 g/mol. The van der Waals surface area contributed by atoms with Crippen LogP contribution >= 0.6 is 11.3 Å². The Balaban J connectivity index is 1.26. The number of rotatable bonds is 2. The van der Waals surface area contributed by atoms with E-state index in [0.29, 0.717) is 5.56 Å². The van der Waals surface area contributed by atoms with Crippen LogP contribution in [-0.2, 0) is 0 Å². The molecule has 0 N–H and O–H groups in total. The summed E-state index contributed by atoms with van der Waals surface area (Å²) in [7, 11) is 0. The first kappa shape index (κ1) is 22.4. The van der Waals surface area contributed by atoms with Gasteiger partial charge in [0.15, 0.2) is 5.58 Å². The molecule has 6 aromatic carbocycles. The maximum Gasteiger partial charge on any atom is 0.159 e. The second kappa shape index (κ2) is 8.32. The minimum Gasteiger partial charge on any atom is -0.454 e. The number of benzene rings is 6. The molecule has 9 rings (SSSR count). The molecule has 0 radical (unpaired) electrons. The van der Waals surface area contributed by atoms with Crippen LogP contribution in [0.2, 0.25) is 0 Å². The second-order valence-electron chi connectivity index (χ2n) is 10.5. The normalized spacial score (nSPS) is 11.9. The van der Waals surface area contributed by atoms with Gasteiger partial charge in [-0.15, -0.1) is 11.3 Å². The third-order valence-corrected chi connectivity index (χ3v) is 9.36. The van der Waals surface area contributed by atoms with E-state index in [2.05, 4.69) is 108 Å². The van der Waals surface area contributed by atoms with E-state index in [4.69, 9.17) is 4.42 Å². The van der Waals surface area contributed by atoms with E-state index >= 15 is 0 Å². The fourth-order valence-electron chi connectivity index (χ4n) is 6.35. The van der Waals surface area contributed by atoms with E-state index in [1.807, 2.05) is 35.6 Å². The van der Waals surface area contributed by atoms with Crippen molar-refractivity contribution in [1.29, 1.82) is 5.26 Å². The van der Waals surface area contributed by atoms with E-state index in [1.165, 1.54) is 31.3 Å². The van der Waals surface area contributed by atoms with E-state index in [1.54, 1.807) is 0 Å². The van der Waals surface area contributed by atoms with Crippen LogP contribution in [0.4, 0.5) is 0 Å². The Labute approximate surface area is 238 Å². The van der Waals surface area contributed by atoms with Gasteiger partial charge in [-0.2, -0.15) is 5.26 Å². The molecule has 0 bridgehead atoms. The summed E-state index contributed by atoms with van der Waals surface area (Å²) < 4.78 is 11.5. The standard InChI is InChI=1S/C37H20N2OS/c38-21-22-12-16-32-29(18-22)25-6-1-3-9-31(25)39(32)33-10-5-8-28-30-19-23(14-17-34(30)40-37(28)33)24-13-15-27-26-7-2-4-11-35(26)41-36(27)20-24/h1-20H. The average molecular weight is 541 g/mol. The molecule has 0 atom stereocenters. The molecular formula is C37H20N2OS. The Hall–Kier alpha value is -5.37. The fourth-order valence-corrected chi connectivity index (χ4v) is 7.49. The van der Waals surface area contributed by atoms with Crippen LogP contribution in [0.1, 0.15) is 5.56 Å². The molecule has 0 aliphatic rings. The van der Waals surface area contributed by atoms with Crippen LogP contribution < -0.4 is 0 Å². The summed E-state index contributed by atoms with van der Waals surface area (Å²) in [4.78, 5) is 0. The van der Waals surface area contributed by atoms with Gasteiger partial charge in [0.25, 0.3) is 0 Å². The van der Waals surface area contributed by atoms with Crippen molar-refractivity contribution in [2.24, 2.45) is 0 Å². The molecule has 0 saturated heterocycles. The molecule has 0 spiro atoms. The molecule has 0 aliphatic heterocycles. The Bertz CT molecular complexity index is 2560. The van der Waals surface area contributed by atoms with E-state index in [-0.39, 0.29) is 0 Å². The smallest absolute Gasteiger partial charge is 0.159 e. The first-order chi connectivity index (χ1) is 20.3. The molecule has 0 unspecified atom stereocenters. The highest BCUT2D eigenvalue weighted by molar-refractivity contribution is 7.25. The van der Waals surface area contributed by atoms with Crippen LogP contribution in [-0.4, -0.2) is 4.57 Å². The summed E-state index contributed by atoms with van der Waals surface area (Å²) in [5.41, 5.74) is 7.88. The third-order valence-electron chi connectivity index (χ3n) is 8.23. The molecule has 0 amide bonds. The lowest BCUT2D eigenvalue weighted by atomic mass is 10.0. The lowest BCUT2D eigenvalue weighted by Crippen LogP contribution is -1.94. The molecule has 3 heterocycles. The number of hydrogen-bond donors (Lipinski definition) is 0. The summed E-state index contributed by atoms with van der Waals surface area (Å²) in [6, 6.07) is 44.8. The van der Waals surface area contributed by atoms with E-state index in [0.717, 1.165) is 49.4 Å². The first-order valence-electron chi connectivity index (χ1n) is 13.6. The highest BCUT2D eigenvalue weighted by Gasteiger charge is 2.18. The van der Waals surface area contributed by atoms with Gasteiger partial charge in [0, 0.05) is 41.7 Å². The van der Waals surface area contributed by atoms with Crippen molar-refractivity contribution < 1.29 is 4.42 Å². The lowest BCUT2D eigenvalue weighted by Gasteiger charge is -2.08. The summed E-state index contributed by atoms with van der Waals surface area (Å²) in [5.74, 6) is 0. The fraction of sp³-hybridized carbons (Fsp3) is 0. The predicted octanol–water partition coefficient (Wildman–Crippen LogP) is 10.6. The molecule has 9 aromatic rings. The summed E-state index contributed by atoms with van der Waals surface area (Å²) in [5, 5.41) is 16.5. The van der Waals surface area contributed by atoms with Crippen molar-refractivity contribution in [3.05, 3.63) is 127 Å². The van der Waals surface area contributed by atoms with Gasteiger partial charge >= 0.3 is 0 Å². The van der Waals surface area contributed by atoms with Gasteiger partial charge in [0.1, 0.15) is 5.58 Å². The first-order valence-corrected chi connectivity index (χ1v) is 14.4. The summed E-state index contributed by atoms with van der Waals surface area (Å²) >= 11 is 1.84. The van der Waals surface area contributed by atoms with Crippen molar-refractivity contribution in [3.63, 3.8) is 0 Å². The number of para-hydroxylation sites is 2. The molecule has 3 nitrogen and oxygen atoms in total. The number of nitriles is 1. The second-order valence-corrected chi connectivity index (χ2v) is 11.6. The van der Waals surface area contributed by atoms with Crippen molar-refractivity contribution >= 4 is 75.3 Å². The lowest BCUT2D eigenvalue weighted by molar-refractivity contribution is 0.666. The Morgan fingerprint density at radius 3 is 2.24 bits per heavy atom. The van der Waals surface area contributed by atoms with Crippen LogP contribution in [0, 0.1) is 11.3 Å². The van der Waals surface area contributed by atoms with Crippen LogP contribution in [0.15, 0.2) is 126 Å². The maximum absolute atomic E-state index is 9.53. The highest BCUT2D eigenvalue weighted by Crippen LogP contribution is 2.40. The number of furan rings is 1. The molecule has 41 heavy (non-hydrogen) atoms. The molecule has 0 saturated carbocycles. The molecular weight excluding hydrogens is 520 g/mol. The van der Waals surface area contributed by atoms with Crippen LogP contribution in [0.5, 0.6) is 0 Å². The van der Waals surface area contributed by atoms with E-state index in [9.17, 15) is 5.26 Å². The Morgan fingerprint density at radius 2 is 1.32 bits per heavy atom. The zero-order valence-corrected chi connectivity index (χ0v) is 22.6. The van der Waals surface area contributed by atoms with Gasteiger partial charge in [-0.05, 0) is 65.7 Å². The summed E-state index contributed by atoms with van der Waals surface area (Å²) in [6.45, 7) is 0. The minimum atomic E-state index is 0.656. The quantitative estimate of drug-likeness (QED) is 0.219. The van der Waals surface area contributed by atoms with Gasteiger partial charge in [0.2, 0.25) is 0 Å². The predicted molar refractivity (Wildman–Crippen MR) is 171 cm³/mol. The minimum absolute atomic E-state index is 0.656. The number of thiophene rings is 1. The molecule has 190 valence electrons. The van der Waals surface area contributed by atoms with Crippen molar-refractivity contribution in [2.45, 2.75) is 0 Å². The van der Waals surface area contributed by atoms with Crippen molar-refractivity contribution in [1.82, 2.24) is 4.57 Å². The molecule has 0 aliphatic carbocycles. The van der Waals surface area contributed by atoms with E-state index < -0.39 is 0 Å². The topological polar surface area (TPSA) is 41.9 Å². The van der Waals surface area contributed by atoms with Gasteiger partial charge < -0.3 is 8.98 Å². The summed E-state index contributed by atoms with van der Waals surface area (Å²) in [6.07, 6.45) is 0. The zero-order chi connectivity index (χ0) is 27.1. The molecule has 4 heteroatoms. The molecule has 0 fully saturated rings. The van der Waals surface area contributed by atoms with Crippen LogP contribution in [0.3, 0.4) is 0 Å². The van der Waals surface area contributed by atoms with Crippen molar-refractivity contribution in [3.8, 4) is 22.9 Å². The van der Waals surface area contributed by atoms with Gasteiger partial charge in [0.05, 0.1) is 28.4 Å². The molecule has 3 aromatic heterocycles. The Kier molecular flexibility index (Phi) is 4.55. The van der Waals surface area contributed by atoms with Crippen molar-refractivity contribution in [2.75, 3.05) is 0 Å². The number of aromatic nitrogens is 1. The third kappa shape index (κ3) is 3.18. The zero-order valence-electron chi connectivity index (χ0n) is 21.8. The van der Waals surface area contributed by atoms with Gasteiger partial charge in [-0.25, -0.2) is 0 Å². The average Bonchev–Trinajstić information content (AvgIpc) is 3.69. The number of fused-ring (bicyclic) bond motifs is 9. The van der Waals surface area contributed by atoms with Gasteiger partial charge in [-0.3, -0.25) is 0 Å². The largest absolute Gasteiger partial charge is 0.454 e. The Morgan fingerprint density at radius 1 is 0.561 bits per heavy atom. The number of hydrogen-bond acceptors (Lipinski definition) is 3. The SMILES string of the molecule is N#Cc1ccc2c(c1)c1ccccc1n2-c1cccc2c1oc1ccc(-c3ccc4c(c3)sc3ccccc34)cc12. The van der Waals surface area contributed by atoms with Gasteiger partial charge in [-0.1, -0.05) is 66.7 Å². The number of nitrogens with zero attached hydrogens (tertiary/aromatic N) is 2. The maximum atomic E-state index is 9.53.